The second-order valence-electron chi connectivity index (χ2n) is 7.76. The molecular formula is C24H21N3O8. The molecule has 0 aliphatic rings. The highest BCUT2D eigenvalue weighted by molar-refractivity contribution is 5.98. The summed E-state index contributed by atoms with van der Waals surface area (Å²) in [5.74, 6) is -1.78. The number of nitro benzene ring substituents is 1. The molecule has 11 heteroatoms. The Morgan fingerprint density at radius 3 is 2.71 bits per heavy atom. The number of hydrogen-bond acceptors (Lipinski definition) is 9. The summed E-state index contributed by atoms with van der Waals surface area (Å²) in [5.41, 5.74) is 2.19. The third-order valence-electron chi connectivity index (χ3n) is 5.61. The molecule has 4 aromatic rings. The molecule has 0 aliphatic carbocycles. The van der Waals surface area contributed by atoms with Crippen molar-refractivity contribution in [1.82, 2.24) is 9.55 Å². The van der Waals surface area contributed by atoms with E-state index in [0.717, 1.165) is 5.39 Å². The summed E-state index contributed by atoms with van der Waals surface area (Å²) in [6.07, 6.45) is 0.255. The predicted octanol–water partition coefficient (Wildman–Crippen LogP) is 3.67. The van der Waals surface area contributed by atoms with E-state index in [9.17, 15) is 24.5 Å². The number of aromatic nitrogens is 2. The van der Waals surface area contributed by atoms with Crippen LogP contribution in [0.2, 0.25) is 0 Å². The number of methoxy groups -OCH3 is 1. The van der Waals surface area contributed by atoms with Gasteiger partial charge in [0.15, 0.2) is 5.58 Å². The van der Waals surface area contributed by atoms with Gasteiger partial charge in [-0.25, -0.2) is 14.6 Å². The van der Waals surface area contributed by atoms with E-state index in [1.54, 1.807) is 13.0 Å². The van der Waals surface area contributed by atoms with Gasteiger partial charge < -0.3 is 13.9 Å². The molecule has 0 unspecified atom stereocenters. The Morgan fingerprint density at radius 2 is 1.97 bits per heavy atom. The maximum atomic E-state index is 12.4. The van der Waals surface area contributed by atoms with Crippen molar-refractivity contribution in [1.29, 1.82) is 0 Å². The number of nitro groups is 1. The fraction of sp³-hybridized carbons (Fsp3) is 0.250. The number of carbonyl (C=O) groups is 2. The Kier molecular flexibility index (Phi) is 6.58. The van der Waals surface area contributed by atoms with Crippen LogP contribution < -0.4 is 5.76 Å². The number of oxazole rings is 1. The third-order valence-corrected chi connectivity index (χ3v) is 5.61. The van der Waals surface area contributed by atoms with Crippen LogP contribution >= 0.6 is 0 Å². The quantitative estimate of drug-likeness (QED) is 0.210. The lowest BCUT2D eigenvalue weighted by Gasteiger charge is -2.13. The highest BCUT2D eigenvalue weighted by Gasteiger charge is 2.21. The van der Waals surface area contributed by atoms with Gasteiger partial charge in [-0.1, -0.05) is 18.2 Å². The van der Waals surface area contributed by atoms with E-state index in [1.807, 2.05) is 18.2 Å². The Balaban J connectivity index is 1.43. The van der Waals surface area contributed by atoms with Gasteiger partial charge in [-0.2, -0.15) is 0 Å². The first kappa shape index (κ1) is 23.6. The number of non-ortho nitro benzene ring substituents is 1. The first-order valence-corrected chi connectivity index (χ1v) is 10.7. The van der Waals surface area contributed by atoms with Gasteiger partial charge in [0.1, 0.15) is 6.61 Å². The standard InChI is InChI=1S/C24H21N3O8/c1-14-16-6-3-4-7-17(16)25-18(22(14)23(29)33-2)13-34-21(28)8-5-11-26-19-10-9-15(27(31)32)12-20(19)35-24(26)30/h3-4,6-7,9-10,12H,5,8,11,13H2,1-2H3. The van der Waals surface area contributed by atoms with Crippen molar-refractivity contribution < 1.29 is 28.4 Å². The lowest BCUT2D eigenvalue weighted by atomic mass is 10.0. The number of para-hydroxylation sites is 1. The summed E-state index contributed by atoms with van der Waals surface area (Å²) in [7, 11) is 1.27. The van der Waals surface area contributed by atoms with Crippen LogP contribution in [0.25, 0.3) is 22.0 Å². The number of ether oxygens (including phenoxy) is 2. The lowest BCUT2D eigenvalue weighted by Crippen LogP contribution is -2.16. The maximum absolute atomic E-state index is 12.4. The summed E-state index contributed by atoms with van der Waals surface area (Å²) < 4.78 is 16.6. The van der Waals surface area contributed by atoms with E-state index < -0.39 is 22.6 Å². The number of hydrogen-bond donors (Lipinski definition) is 0. The fourth-order valence-corrected chi connectivity index (χ4v) is 3.90. The number of benzene rings is 2. The number of aryl methyl sites for hydroxylation is 2. The summed E-state index contributed by atoms with van der Waals surface area (Å²) in [6.45, 7) is 1.72. The molecule has 4 rings (SSSR count). The Labute approximate surface area is 198 Å². The molecule has 2 heterocycles. The summed E-state index contributed by atoms with van der Waals surface area (Å²) in [5, 5.41) is 11.7. The van der Waals surface area contributed by atoms with Crippen molar-refractivity contribution in [2.75, 3.05) is 7.11 Å². The van der Waals surface area contributed by atoms with E-state index in [-0.39, 0.29) is 42.8 Å². The molecule has 180 valence electrons. The van der Waals surface area contributed by atoms with Gasteiger partial charge in [-0.05, 0) is 31.0 Å². The molecule has 0 aliphatic heterocycles. The highest BCUT2D eigenvalue weighted by Crippen LogP contribution is 2.24. The molecule has 0 amide bonds. The largest absolute Gasteiger partial charge is 0.465 e. The summed E-state index contributed by atoms with van der Waals surface area (Å²) in [4.78, 5) is 51.7. The number of pyridine rings is 1. The average molecular weight is 479 g/mol. The van der Waals surface area contributed by atoms with Crippen molar-refractivity contribution in [2.45, 2.75) is 32.9 Å². The van der Waals surface area contributed by atoms with E-state index in [1.165, 1.54) is 29.9 Å². The first-order chi connectivity index (χ1) is 16.8. The van der Waals surface area contributed by atoms with E-state index in [2.05, 4.69) is 4.98 Å². The SMILES string of the molecule is COC(=O)c1c(COC(=O)CCCn2c(=O)oc3cc([N+](=O)[O-])ccc32)nc2ccccc2c1C. The van der Waals surface area contributed by atoms with E-state index >= 15 is 0 Å². The van der Waals surface area contributed by atoms with Crippen molar-refractivity contribution >= 4 is 39.6 Å². The first-order valence-electron chi connectivity index (χ1n) is 10.7. The molecule has 2 aromatic heterocycles. The van der Waals surface area contributed by atoms with Crippen LogP contribution in [0.15, 0.2) is 51.7 Å². The number of rotatable bonds is 8. The van der Waals surface area contributed by atoms with Crippen LogP contribution in [0.4, 0.5) is 5.69 Å². The molecule has 0 N–H and O–H groups in total. The van der Waals surface area contributed by atoms with Crippen LogP contribution in [0.5, 0.6) is 0 Å². The van der Waals surface area contributed by atoms with Gasteiger partial charge in [-0.3, -0.25) is 19.5 Å². The van der Waals surface area contributed by atoms with E-state index in [0.29, 0.717) is 22.3 Å². The zero-order chi connectivity index (χ0) is 25.1. The third kappa shape index (κ3) is 4.74. The van der Waals surface area contributed by atoms with Crippen LogP contribution in [0.1, 0.15) is 34.5 Å². The number of carbonyl (C=O) groups excluding carboxylic acids is 2. The minimum absolute atomic E-state index is 0.00772. The second-order valence-corrected chi connectivity index (χ2v) is 7.76. The molecule has 0 spiro atoms. The molecule has 0 radical (unpaired) electrons. The van der Waals surface area contributed by atoms with Gasteiger partial charge in [0.25, 0.3) is 5.69 Å². The molecular weight excluding hydrogens is 458 g/mol. The van der Waals surface area contributed by atoms with Gasteiger partial charge in [0.2, 0.25) is 0 Å². The Hall–Kier alpha value is -4.54. The molecule has 0 saturated heterocycles. The van der Waals surface area contributed by atoms with Crippen molar-refractivity contribution in [3.8, 4) is 0 Å². The topological polar surface area (TPSA) is 144 Å². The van der Waals surface area contributed by atoms with Crippen LogP contribution in [-0.2, 0) is 27.4 Å². The molecule has 35 heavy (non-hydrogen) atoms. The number of nitrogens with zero attached hydrogens (tertiary/aromatic N) is 3. The van der Waals surface area contributed by atoms with Crippen LogP contribution in [0, 0.1) is 17.0 Å². The second kappa shape index (κ2) is 9.75. The van der Waals surface area contributed by atoms with Crippen LogP contribution in [-0.4, -0.2) is 33.5 Å². The molecule has 2 aromatic carbocycles. The van der Waals surface area contributed by atoms with Gasteiger partial charge in [-0.15, -0.1) is 0 Å². The zero-order valence-corrected chi connectivity index (χ0v) is 19.0. The monoisotopic (exact) mass is 479 g/mol. The zero-order valence-electron chi connectivity index (χ0n) is 19.0. The number of fused-ring (bicyclic) bond motifs is 2. The smallest absolute Gasteiger partial charge is 0.419 e. The summed E-state index contributed by atoms with van der Waals surface area (Å²) in [6, 6.07) is 11.2. The van der Waals surface area contributed by atoms with Crippen molar-refractivity contribution in [3.05, 3.63) is 80.0 Å². The maximum Gasteiger partial charge on any atom is 0.419 e. The molecule has 0 fully saturated rings. The van der Waals surface area contributed by atoms with Crippen molar-refractivity contribution in [3.63, 3.8) is 0 Å². The Morgan fingerprint density at radius 1 is 1.20 bits per heavy atom. The predicted molar refractivity (Wildman–Crippen MR) is 124 cm³/mol. The number of esters is 2. The minimum atomic E-state index is -0.674. The normalized spacial score (nSPS) is 11.0. The molecule has 11 nitrogen and oxygen atoms in total. The Bertz CT molecular complexity index is 1520. The minimum Gasteiger partial charge on any atom is -0.465 e. The van der Waals surface area contributed by atoms with Crippen molar-refractivity contribution in [2.24, 2.45) is 0 Å². The lowest BCUT2D eigenvalue weighted by molar-refractivity contribution is -0.384. The van der Waals surface area contributed by atoms with Gasteiger partial charge >= 0.3 is 17.7 Å². The molecule has 0 saturated carbocycles. The summed E-state index contributed by atoms with van der Waals surface area (Å²) >= 11 is 0. The van der Waals surface area contributed by atoms with E-state index in [4.69, 9.17) is 13.9 Å². The van der Waals surface area contributed by atoms with Gasteiger partial charge in [0, 0.05) is 24.4 Å². The average Bonchev–Trinajstić information content (AvgIpc) is 3.16. The fourth-order valence-electron chi connectivity index (χ4n) is 3.90. The molecule has 0 atom stereocenters. The highest BCUT2D eigenvalue weighted by atomic mass is 16.6. The van der Waals surface area contributed by atoms with Gasteiger partial charge in [0.05, 0.1) is 40.4 Å². The molecule has 0 bridgehead atoms. The van der Waals surface area contributed by atoms with Crippen LogP contribution in [0.3, 0.4) is 0 Å².